The molecule has 0 saturated heterocycles. The Kier molecular flexibility index (Phi) is 7.05. The maximum Gasteiger partial charge on any atom is 0.269 e. The lowest BCUT2D eigenvalue weighted by molar-refractivity contribution is 0.0682. The van der Waals surface area contributed by atoms with E-state index in [2.05, 4.69) is 36.2 Å². The number of allylic oxidation sites excluding steroid dienone is 1. The summed E-state index contributed by atoms with van der Waals surface area (Å²) in [6, 6.07) is 7.68. The van der Waals surface area contributed by atoms with E-state index in [-0.39, 0.29) is 28.7 Å². The second-order valence-electron chi connectivity index (χ2n) is 9.10. The molecule has 2 atom stereocenters. The van der Waals surface area contributed by atoms with Gasteiger partial charge in [-0.3, -0.25) is 4.79 Å². The molecule has 0 unspecified atom stereocenters. The zero-order valence-electron chi connectivity index (χ0n) is 19.9. The molecule has 2 N–H and O–H groups in total. The van der Waals surface area contributed by atoms with Gasteiger partial charge in [0.1, 0.15) is 22.4 Å². The minimum absolute atomic E-state index is 0.0326. The second kappa shape index (κ2) is 9.87. The third kappa shape index (κ3) is 5.43. The molecule has 10 heteroatoms. The normalized spacial score (nSPS) is 18.1. The predicted molar refractivity (Wildman–Crippen MR) is 132 cm³/mol. The number of nitrogens with zero attached hydrogens (tertiary/aromatic N) is 4. The molecule has 0 amide bonds. The highest BCUT2D eigenvalue weighted by molar-refractivity contribution is 9.10. The van der Waals surface area contributed by atoms with Gasteiger partial charge in [-0.2, -0.15) is 4.39 Å². The van der Waals surface area contributed by atoms with Crippen LogP contribution >= 0.6 is 15.9 Å². The van der Waals surface area contributed by atoms with Gasteiger partial charge in [-0.25, -0.2) is 15.0 Å². The van der Waals surface area contributed by atoms with Crippen LogP contribution < -0.4 is 15.6 Å². The Bertz CT molecular complexity index is 1340. The van der Waals surface area contributed by atoms with Crippen LogP contribution in [0, 0.1) is 12.9 Å². The van der Waals surface area contributed by atoms with Crippen molar-refractivity contribution in [1.29, 1.82) is 0 Å². The quantitative estimate of drug-likeness (QED) is 0.448. The van der Waals surface area contributed by atoms with E-state index in [4.69, 9.17) is 4.74 Å². The van der Waals surface area contributed by atoms with E-state index in [0.29, 0.717) is 23.7 Å². The Morgan fingerprint density at radius 1 is 1.29 bits per heavy atom. The average molecular weight is 544 g/mol. The van der Waals surface area contributed by atoms with Gasteiger partial charge in [0.05, 0.1) is 23.5 Å². The van der Waals surface area contributed by atoms with E-state index in [9.17, 15) is 14.3 Å². The highest BCUT2D eigenvalue weighted by atomic mass is 79.9. The zero-order chi connectivity index (χ0) is 25.3. The molecule has 4 heterocycles. The Hall–Kier alpha value is -3.11. The summed E-state index contributed by atoms with van der Waals surface area (Å²) >= 11 is 3.39. The van der Waals surface area contributed by atoms with E-state index in [1.54, 1.807) is 48.9 Å². The first-order chi connectivity index (χ1) is 16.5. The molecule has 1 aliphatic heterocycles. The van der Waals surface area contributed by atoms with Crippen LogP contribution in [-0.2, 0) is 12.2 Å². The number of aliphatic hydroxyl groups is 1. The molecule has 4 rings (SSSR count). The van der Waals surface area contributed by atoms with Crippen LogP contribution in [0.1, 0.15) is 62.2 Å². The monoisotopic (exact) mass is 543 g/mol. The smallest absolute Gasteiger partial charge is 0.269 e. The van der Waals surface area contributed by atoms with Crippen molar-refractivity contribution in [3.8, 4) is 5.75 Å². The SMILES string of the molecule is CC1=CN[C@@H](c2ccnc(C(C)(C)O)n2)C[C@H]1n1c(C)cc(OCc2cccc(F)n2)c(Br)c1=O. The van der Waals surface area contributed by atoms with Gasteiger partial charge in [0.15, 0.2) is 5.82 Å². The summed E-state index contributed by atoms with van der Waals surface area (Å²) in [6.07, 6.45) is 4.10. The summed E-state index contributed by atoms with van der Waals surface area (Å²) in [5, 5.41) is 13.6. The summed E-state index contributed by atoms with van der Waals surface area (Å²) in [4.78, 5) is 25.9. The number of halogens is 2. The Balaban J connectivity index is 1.61. The molecule has 8 nitrogen and oxygen atoms in total. The van der Waals surface area contributed by atoms with E-state index in [1.807, 2.05) is 20.0 Å². The van der Waals surface area contributed by atoms with Gasteiger partial charge < -0.3 is 19.7 Å². The summed E-state index contributed by atoms with van der Waals surface area (Å²) in [5.41, 5.74) is 1.48. The number of aromatic nitrogens is 4. The molecule has 0 radical (unpaired) electrons. The third-order valence-corrected chi connectivity index (χ3v) is 6.61. The molecule has 0 aromatic carbocycles. The predicted octanol–water partition coefficient (Wildman–Crippen LogP) is 4.23. The van der Waals surface area contributed by atoms with Crippen LogP contribution in [-0.4, -0.2) is 24.6 Å². The van der Waals surface area contributed by atoms with Crippen molar-refractivity contribution in [3.63, 3.8) is 0 Å². The standard InChI is InChI=1S/C25H27BrFN5O3/c1-14-12-29-18(17-8-9-28-24(31-17)25(3,4)34)11-19(14)32-15(2)10-20(22(26)23(32)33)35-13-16-6-5-7-21(27)30-16/h5-10,12,18-19,29,34H,11,13H2,1-4H3/t18-,19-/m1/s1. The fraction of sp³-hybridized carbons (Fsp3) is 0.360. The van der Waals surface area contributed by atoms with Crippen LogP contribution in [0.15, 0.2) is 57.6 Å². The fourth-order valence-electron chi connectivity index (χ4n) is 4.05. The summed E-state index contributed by atoms with van der Waals surface area (Å²) in [7, 11) is 0. The lowest BCUT2D eigenvalue weighted by Gasteiger charge is -2.32. The molecule has 0 aliphatic carbocycles. The van der Waals surface area contributed by atoms with Crippen LogP contribution in [0.5, 0.6) is 5.75 Å². The second-order valence-corrected chi connectivity index (χ2v) is 9.90. The van der Waals surface area contributed by atoms with Gasteiger partial charge >= 0.3 is 0 Å². The highest BCUT2D eigenvalue weighted by Gasteiger charge is 2.29. The molecular weight excluding hydrogens is 517 g/mol. The molecular formula is C25H27BrFN5O3. The molecule has 35 heavy (non-hydrogen) atoms. The summed E-state index contributed by atoms with van der Waals surface area (Å²) in [5.74, 6) is 0.121. The Morgan fingerprint density at radius 3 is 2.77 bits per heavy atom. The molecule has 0 spiro atoms. The average Bonchev–Trinajstić information content (AvgIpc) is 2.81. The van der Waals surface area contributed by atoms with Gasteiger partial charge in [-0.1, -0.05) is 6.07 Å². The largest absolute Gasteiger partial charge is 0.486 e. The molecule has 0 saturated carbocycles. The first-order valence-corrected chi connectivity index (χ1v) is 12.0. The molecule has 3 aromatic heterocycles. The number of hydrogen-bond acceptors (Lipinski definition) is 7. The third-order valence-electron chi connectivity index (χ3n) is 5.88. The van der Waals surface area contributed by atoms with E-state index < -0.39 is 11.5 Å². The van der Waals surface area contributed by atoms with Crippen LogP contribution in [0.4, 0.5) is 4.39 Å². The number of hydrogen-bond donors (Lipinski definition) is 2. The van der Waals surface area contributed by atoms with E-state index in [0.717, 1.165) is 17.0 Å². The highest BCUT2D eigenvalue weighted by Crippen LogP contribution is 2.34. The first-order valence-electron chi connectivity index (χ1n) is 11.2. The first kappa shape index (κ1) is 25.0. The maximum atomic E-state index is 13.4. The van der Waals surface area contributed by atoms with Crippen molar-refractivity contribution in [2.24, 2.45) is 0 Å². The lowest BCUT2D eigenvalue weighted by atomic mass is 9.94. The topological polar surface area (TPSA) is 102 Å². The number of aryl methyl sites for hydroxylation is 1. The van der Waals surface area contributed by atoms with Gasteiger partial charge in [-0.05, 0) is 80.0 Å². The molecule has 0 fully saturated rings. The van der Waals surface area contributed by atoms with Crippen molar-refractivity contribution in [2.75, 3.05) is 0 Å². The molecule has 184 valence electrons. The number of nitrogens with one attached hydrogen (secondary N) is 1. The zero-order valence-corrected chi connectivity index (χ0v) is 21.5. The van der Waals surface area contributed by atoms with Crippen molar-refractivity contribution in [3.05, 3.63) is 92.0 Å². The van der Waals surface area contributed by atoms with Crippen LogP contribution in [0.3, 0.4) is 0 Å². The van der Waals surface area contributed by atoms with Gasteiger partial charge in [0.25, 0.3) is 5.56 Å². The Labute approximate surface area is 211 Å². The number of ether oxygens (including phenoxy) is 1. The summed E-state index contributed by atoms with van der Waals surface area (Å²) < 4.78 is 21.2. The van der Waals surface area contributed by atoms with Crippen LogP contribution in [0.2, 0.25) is 0 Å². The van der Waals surface area contributed by atoms with Gasteiger partial charge in [0.2, 0.25) is 5.95 Å². The van der Waals surface area contributed by atoms with E-state index in [1.165, 1.54) is 6.07 Å². The van der Waals surface area contributed by atoms with Crippen molar-refractivity contribution >= 4 is 15.9 Å². The van der Waals surface area contributed by atoms with Crippen molar-refractivity contribution < 1.29 is 14.2 Å². The minimum Gasteiger partial charge on any atom is -0.486 e. The molecule has 1 aliphatic rings. The van der Waals surface area contributed by atoms with Gasteiger partial charge in [0, 0.05) is 18.0 Å². The van der Waals surface area contributed by atoms with E-state index >= 15 is 0 Å². The summed E-state index contributed by atoms with van der Waals surface area (Å²) in [6.45, 7) is 7.13. The van der Waals surface area contributed by atoms with Crippen LogP contribution in [0.25, 0.3) is 0 Å². The van der Waals surface area contributed by atoms with Crippen molar-refractivity contribution in [1.82, 2.24) is 24.8 Å². The number of pyridine rings is 2. The minimum atomic E-state index is -1.16. The van der Waals surface area contributed by atoms with Gasteiger partial charge in [-0.15, -0.1) is 0 Å². The lowest BCUT2D eigenvalue weighted by Crippen LogP contribution is -2.35. The van der Waals surface area contributed by atoms with Crippen molar-refractivity contribution in [2.45, 2.75) is 58.4 Å². The Morgan fingerprint density at radius 2 is 2.06 bits per heavy atom. The number of rotatable bonds is 6. The maximum absolute atomic E-state index is 13.4. The molecule has 0 bridgehead atoms. The molecule has 3 aromatic rings. The fourth-order valence-corrected chi connectivity index (χ4v) is 4.47.